The van der Waals surface area contributed by atoms with Crippen LogP contribution in [0.5, 0.6) is 0 Å². The molecule has 29 heavy (non-hydrogen) atoms. The monoisotopic (exact) mass is 414 g/mol. The molecule has 0 saturated carbocycles. The fourth-order valence-electron chi connectivity index (χ4n) is 2.59. The van der Waals surface area contributed by atoms with Crippen LogP contribution in [0.2, 0.25) is 0 Å². The molecule has 8 nitrogen and oxygen atoms in total. The highest BCUT2D eigenvalue weighted by molar-refractivity contribution is 7.99. The average molecular weight is 414 g/mol. The lowest BCUT2D eigenvalue weighted by Crippen LogP contribution is -2.15. The highest BCUT2D eigenvalue weighted by Gasteiger charge is 2.16. The number of furan rings is 1. The van der Waals surface area contributed by atoms with Gasteiger partial charge >= 0.3 is 5.97 Å². The van der Waals surface area contributed by atoms with Crippen molar-refractivity contribution in [2.45, 2.75) is 32.0 Å². The number of thioether (sulfide) groups is 1. The number of hydrogen-bond donors (Lipinski definition) is 1. The molecule has 0 aliphatic carbocycles. The second-order valence-electron chi connectivity index (χ2n) is 6.62. The summed E-state index contributed by atoms with van der Waals surface area (Å²) in [5, 5.41) is 11.8. The molecule has 1 N–H and O–H groups in total. The first-order chi connectivity index (χ1) is 13.8. The average Bonchev–Trinajstić information content (AvgIpc) is 3.25. The summed E-state index contributed by atoms with van der Waals surface area (Å²) in [6.07, 6.45) is 1.42. The maximum Gasteiger partial charge on any atom is 0.338 e. The molecule has 0 aliphatic rings. The molecule has 3 rings (SSSR count). The molecule has 0 saturated heterocycles. The Hall–Kier alpha value is -3.07. The molecule has 0 atom stereocenters. The van der Waals surface area contributed by atoms with Gasteiger partial charge in [0.05, 0.1) is 29.2 Å². The molecular formula is C20H22N4O4S. The van der Waals surface area contributed by atoms with Crippen LogP contribution in [0.1, 0.15) is 30.0 Å². The maximum atomic E-state index is 12.3. The van der Waals surface area contributed by atoms with Gasteiger partial charge in [0.15, 0.2) is 11.0 Å². The number of amides is 1. The molecule has 0 aliphatic heterocycles. The first-order valence-corrected chi connectivity index (χ1v) is 10.0. The number of aryl methyl sites for hydroxylation is 1. The number of hydrogen-bond acceptors (Lipinski definition) is 7. The Bertz CT molecular complexity index is 1010. The number of benzene rings is 1. The third-order valence-electron chi connectivity index (χ3n) is 4.01. The van der Waals surface area contributed by atoms with E-state index in [-0.39, 0.29) is 23.7 Å². The van der Waals surface area contributed by atoms with Crippen LogP contribution in [-0.2, 0) is 16.6 Å². The van der Waals surface area contributed by atoms with Crippen molar-refractivity contribution in [2.24, 2.45) is 7.05 Å². The van der Waals surface area contributed by atoms with Crippen LogP contribution in [0.3, 0.4) is 0 Å². The van der Waals surface area contributed by atoms with Crippen molar-refractivity contribution in [3.05, 3.63) is 47.9 Å². The molecule has 9 heteroatoms. The van der Waals surface area contributed by atoms with Crippen LogP contribution in [0.25, 0.3) is 11.4 Å². The van der Waals surface area contributed by atoms with Gasteiger partial charge in [-0.2, -0.15) is 0 Å². The van der Waals surface area contributed by atoms with Gasteiger partial charge in [0.1, 0.15) is 5.76 Å². The van der Waals surface area contributed by atoms with Gasteiger partial charge in [-0.05, 0) is 51.1 Å². The topological polar surface area (TPSA) is 99.2 Å². The number of esters is 1. The van der Waals surface area contributed by atoms with Gasteiger partial charge in [-0.1, -0.05) is 11.8 Å². The molecule has 2 aromatic heterocycles. The molecule has 0 radical (unpaired) electrons. The summed E-state index contributed by atoms with van der Waals surface area (Å²) in [6, 6.07) is 8.41. The van der Waals surface area contributed by atoms with E-state index in [0.717, 1.165) is 11.3 Å². The number of aromatic nitrogens is 3. The number of rotatable bonds is 7. The van der Waals surface area contributed by atoms with Gasteiger partial charge in [-0.15, -0.1) is 10.2 Å². The van der Waals surface area contributed by atoms with E-state index in [0.29, 0.717) is 22.2 Å². The molecule has 2 heterocycles. The van der Waals surface area contributed by atoms with Gasteiger partial charge in [0.25, 0.3) is 0 Å². The summed E-state index contributed by atoms with van der Waals surface area (Å²) in [4.78, 5) is 24.1. The summed E-state index contributed by atoms with van der Waals surface area (Å²) in [6.45, 7) is 5.44. The normalized spacial score (nSPS) is 10.9. The van der Waals surface area contributed by atoms with Crippen molar-refractivity contribution < 1.29 is 18.7 Å². The minimum absolute atomic E-state index is 0.174. The molecule has 0 unspecified atom stereocenters. The number of carbonyl (C=O) groups excluding carboxylic acids is 2. The summed E-state index contributed by atoms with van der Waals surface area (Å²) in [7, 11) is 1.84. The van der Waals surface area contributed by atoms with Crippen LogP contribution in [-0.4, -0.2) is 38.5 Å². The van der Waals surface area contributed by atoms with Crippen LogP contribution < -0.4 is 5.32 Å². The standard InChI is InChI=1S/C20H22N4O4S/c1-12(2)28-19(26)14-5-7-15(8-6-14)21-17(25)11-29-20-23-22-18(24(20)4)16-9-10-27-13(16)3/h5-10,12H,11H2,1-4H3,(H,21,25). The summed E-state index contributed by atoms with van der Waals surface area (Å²) in [5.74, 6) is 1.04. The fraction of sp³-hybridized carbons (Fsp3) is 0.300. The minimum Gasteiger partial charge on any atom is -0.469 e. The second-order valence-corrected chi connectivity index (χ2v) is 7.57. The lowest BCUT2D eigenvalue weighted by Gasteiger charge is -2.09. The summed E-state index contributed by atoms with van der Waals surface area (Å²) in [5.41, 5.74) is 1.91. The maximum absolute atomic E-state index is 12.3. The highest BCUT2D eigenvalue weighted by atomic mass is 32.2. The third kappa shape index (κ3) is 5.05. The van der Waals surface area contributed by atoms with E-state index in [1.54, 1.807) is 44.4 Å². The Morgan fingerprint density at radius 1 is 1.21 bits per heavy atom. The van der Waals surface area contributed by atoms with E-state index in [2.05, 4.69) is 15.5 Å². The van der Waals surface area contributed by atoms with Crippen LogP contribution in [0.4, 0.5) is 5.69 Å². The van der Waals surface area contributed by atoms with Crippen LogP contribution >= 0.6 is 11.8 Å². The SMILES string of the molecule is Cc1occc1-c1nnc(SCC(=O)Nc2ccc(C(=O)OC(C)C)cc2)n1C. The zero-order chi connectivity index (χ0) is 21.0. The fourth-order valence-corrected chi connectivity index (χ4v) is 3.30. The van der Waals surface area contributed by atoms with Crippen molar-refractivity contribution in [3.8, 4) is 11.4 Å². The molecular weight excluding hydrogens is 392 g/mol. The predicted molar refractivity (Wildman–Crippen MR) is 110 cm³/mol. The summed E-state index contributed by atoms with van der Waals surface area (Å²) >= 11 is 1.29. The van der Waals surface area contributed by atoms with Gasteiger partial charge in [0.2, 0.25) is 5.91 Å². The first kappa shape index (κ1) is 20.7. The number of anilines is 1. The Morgan fingerprint density at radius 2 is 1.93 bits per heavy atom. The quantitative estimate of drug-likeness (QED) is 0.465. The van der Waals surface area contributed by atoms with Crippen molar-refractivity contribution in [1.82, 2.24) is 14.8 Å². The summed E-state index contributed by atoms with van der Waals surface area (Å²) < 4.78 is 12.3. The Labute approximate surface area is 172 Å². The zero-order valence-corrected chi connectivity index (χ0v) is 17.4. The lowest BCUT2D eigenvalue weighted by atomic mass is 10.2. The molecule has 152 valence electrons. The Kier molecular flexibility index (Phi) is 6.38. The molecule has 0 fully saturated rings. The van der Waals surface area contributed by atoms with Crippen LogP contribution in [0.15, 0.2) is 46.2 Å². The van der Waals surface area contributed by atoms with Crippen molar-refractivity contribution in [2.75, 3.05) is 11.1 Å². The predicted octanol–water partition coefficient (Wildman–Crippen LogP) is 3.68. The first-order valence-electron chi connectivity index (χ1n) is 9.02. The van der Waals surface area contributed by atoms with Gasteiger partial charge in [-0.3, -0.25) is 4.79 Å². The molecule has 3 aromatic rings. The van der Waals surface area contributed by atoms with Crippen molar-refractivity contribution in [3.63, 3.8) is 0 Å². The second kappa shape index (κ2) is 8.95. The smallest absolute Gasteiger partial charge is 0.338 e. The van der Waals surface area contributed by atoms with E-state index < -0.39 is 0 Å². The number of nitrogens with one attached hydrogen (secondary N) is 1. The van der Waals surface area contributed by atoms with E-state index in [1.807, 2.05) is 24.6 Å². The lowest BCUT2D eigenvalue weighted by molar-refractivity contribution is -0.113. The van der Waals surface area contributed by atoms with Gasteiger partial charge < -0.3 is 19.0 Å². The van der Waals surface area contributed by atoms with Crippen molar-refractivity contribution >= 4 is 29.3 Å². The largest absolute Gasteiger partial charge is 0.469 e. The van der Waals surface area contributed by atoms with Gasteiger partial charge in [-0.25, -0.2) is 4.79 Å². The van der Waals surface area contributed by atoms with Crippen molar-refractivity contribution in [1.29, 1.82) is 0 Å². The zero-order valence-electron chi connectivity index (χ0n) is 16.6. The van der Waals surface area contributed by atoms with E-state index in [1.165, 1.54) is 11.8 Å². The van der Waals surface area contributed by atoms with E-state index in [4.69, 9.17) is 9.15 Å². The minimum atomic E-state index is -0.389. The van der Waals surface area contributed by atoms with E-state index >= 15 is 0 Å². The molecule has 1 aromatic carbocycles. The Morgan fingerprint density at radius 3 is 2.55 bits per heavy atom. The van der Waals surface area contributed by atoms with Gasteiger partial charge in [0, 0.05) is 12.7 Å². The molecule has 0 spiro atoms. The number of nitrogens with zero attached hydrogens (tertiary/aromatic N) is 3. The number of ether oxygens (including phenoxy) is 1. The molecule has 0 bridgehead atoms. The highest BCUT2D eigenvalue weighted by Crippen LogP contribution is 2.25. The number of carbonyl (C=O) groups is 2. The van der Waals surface area contributed by atoms with E-state index in [9.17, 15) is 9.59 Å². The Balaban J connectivity index is 1.56. The van der Waals surface area contributed by atoms with Crippen LogP contribution in [0, 0.1) is 6.92 Å². The third-order valence-corrected chi connectivity index (χ3v) is 5.03. The molecule has 1 amide bonds.